The Balaban J connectivity index is 1.71. The van der Waals surface area contributed by atoms with E-state index in [4.69, 9.17) is 0 Å². The maximum Gasteiger partial charge on any atom is 0.167 e. The monoisotopic (exact) mass is 379 g/mol. The van der Waals surface area contributed by atoms with E-state index in [2.05, 4.69) is 49.4 Å². The van der Waals surface area contributed by atoms with Crippen LogP contribution in [-0.2, 0) is 0 Å². The summed E-state index contributed by atoms with van der Waals surface area (Å²) >= 11 is 3.44. The van der Waals surface area contributed by atoms with Crippen molar-refractivity contribution in [2.45, 2.75) is 19.2 Å². The third-order valence-electron chi connectivity index (χ3n) is 4.14. The average Bonchev–Trinajstić information content (AvgIpc) is 2.53. The summed E-state index contributed by atoms with van der Waals surface area (Å²) in [5.74, 6) is 0.720. The lowest BCUT2D eigenvalue weighted by molar-refractivity contribution is 0.0868. The second-order valence-corrected chi connectivity index (χ2v) is 6.84. The molecule has 0 radical (unpaired) electrons. The first-order valence-electron chi connectivity index (χ1n) is 7.74. The van der Waals surface area contributed by atoms with Crippen molar-refractivity contribution in [3.05, 3.63) is 40.8 Å². The zero-order chi connectivity index (χ0) is 16.4. The zero-order valence-electron chi connectivity index (χ0n) is 13.3. The Morgan fingerprint density at radius 2 is 2.26 bits per heavy atom. The van der Waals surface area contributed by atoms with Crippen LogP contribution in [0.15, 0.2) is 40.8 Å². The lowest BCUT2D eigenvalue weighted by Gasteiger charge is -2.35. The van der Waals surface area contributed by atoms with Gasteiger partial charge in [-0.05, 0) is 41.1 Å². The van der Waals surface area contributed by atoms with E-state index < -0.39 is 6.23 Å². The molecule has 7 heteroatoms. The van der Waals surface area contributed by atoms with Gasteiger partial charge in [0.2, 0.25) is 0 Å². The molecule has 0 amide bonds. The SMILES string of the molecule is C[C@H]1CNCCN1c1ccc(NC2=CC(Br)=CN(C)C2O)nc1. The minimum atomic E-state index is -0.703. The molecule has 1 saturated heterocycles. The molecule has 0 spiro atoms. The highest BCUT2D eigenvalue weighted by Crippen LogP contribution is 2.24. The summed E-state index contributed by atoms with van der Waals surface area (Å²) in [5.41, 5.74) is 1.82. The summed E-state index contributed by atoms with van der Waals surface area (Å²) in [6.07, 6.45) is 4.87. The maximum atomic E-state index is 10.2. The number of allylic oxidation sites excluding steroid dienone is 2. The number of pyridine rings is 1. The van der Waals surface area contributed by atoms with Crippen LogP contribution in [0.1, 0.15) is 6.92 Å². The van der Waals surface area contributed by atoms with Crippen molar-refractivity contribution in [1.82, 2.24) is 15.2 Å². The highest BCUT2D eigenvalue weighted by molar-refractivity contribution is 9.11. The summed E-state index contributed by atoms with van der Waals surface area (Å²) < 4.78 is 0.902. The van der Waals surface area contributed by atoms with E-state index in [0.29, 0.717) is 11.7 Å². The first-order valence-corrected chi connectivity index (χ1v) is 8.53. The largest absolute Gasteiger partial charge is 0.368 e. The predicted molar refractivity (Wildman–Crippen MR) is 96.4 cm³/mol. The molecule has 2 aliphatic heterocycles. The van der Waals surface area contributed by atoms with Gasteiger partial charge in [-0.3, -0.25) is 0 Å². The third kappa shape index (κ3) is 3.68. The lowest BCUT2D eigenvalue weighted by atomic mass is 10.2. The Morgan fingerprint density at radius 1 is 1.43 bits per heavy atom. The van der Waals surface area contributed by atoms with Gasteiger partial charge in [0.15, 0.2) is 6.23 Å². The van der Waals surface area contributed by atoms with Crippen LogP contribution in [-0.4, -0.2) is 53.9 Å². The van der Waals surface area contributed by atoms with Gasteiger partial charge in [0, 0.05) is 43.4 Å². The van der Waals surface area contributed by atoms with Gasteiger partial charge in [-0.15, -0.1) is 0 Å². The number of aliphatic hydroxyl groups is 1. The van der Waals surface area contributed by atoms with Crippen molar-refractivity contribution < 1.29 is 5.11 Å². The number of nitrogens with zero attached hydrogens (tertiary/aromatic N) is 3. The Hall–Kier alpha value is -1.57. The number of anilines is 2. The van der Waals surface area contributed by atoms with Crippen LogP contribution < -0.4 is 15.5 Å². The molecule has 1 aromatic heterocycles. The van der Waals surface area contributed by atoms with Crippen molar-refractivity contribution in [2.24, 2.45) is 0 Å². The molecule has 23 heavy (non-hydrogen) atoms. The molecule has 0 aliphatic carbocycles. The van der Waals surface area contributed by atoms with Gasteiger partial charge in [0.25, 0.3) is 0 Å². The van der Waals surface area contributed by atoms with Crippen LogP contribution in [0.3, 0.4) is 0 Å². The number of aromatic nitrogens is 1. The summed E-state index contributed by atoms with van der Waals surface area (Å²) in [7, 11) is 1.82. The predicted octanol–water partition coefficient (Wildman–Crippen LogP) is 1.68. The molecule has 3 heterocycles. The van der Waals surface area contributed by atoms with Gasteiger partial charge in [-0.2, -0.15) is 0 Å². The molecule has 1 unspecified atom stereocenters. The Morgan fingerprint density at radius 3 is 2.96 bits per heavy atom. The molecule has 0 bridgehead atoms. The Labute approximate surface area is 145 Å². The molecule has 2 atom stereocenters. The highest BCUT2D eigenvalue weighted by Gasteiger charge is 2.20. The van der Waals surface area contributed by atoms with Crippen molar-refractivity contribution in [3.8, 4) is 0 Å². The van der Waals surface area contributed by atoms with Crippen LogP contribution >= 0.6 is 15.9 Å². The number of nitrogens with one attached hydrogen (secondary N) is 2. The van der Waals surface area contributed by atoms with E-state index in [9.17, 15) is 5.11 Å². The lowest BCUT2D eigenvalue weighted by Crippen LogP contribution is -2.49. The van der Waals surface area contributed by atoms with Crippen molar-refractivity contribution in [2.75, 3.05) is 36.9 Å². The van der Waals surface area contributed by atoms with Crippen LogP contribution in [0.2, 0.25) is 0 Å². The molecular formula is C16H22BrN5O. The molecular weight excluding hydrogens is 358 g/mol. The van der Waals surface area contributed by atoms with Crippen LogP contribution in [0.5, 0.6) is 0 Å². The smallest absolute Gasteiger partial charge is 0.167 e. The van der Waals surface area contributed by atoms with Crippen molar-refractivity contribution in [1.29, 1.82) is 0 Å². The Kier molecular flexibility index (Phi) is 4.89. The summed E-state index contributed by atoms with van der Waals surface area (Å²) in [5, 5.41) is 16.8. The van der Waals surface area contributed by atoms with E-state index in [1.165, 1.54) is 0 Å². The number of halogens is 1. The average molecular weight is 380 g/mol. The molecule has 1 aromatic rings. The van der Waals surface area contributed by atoms with Crippen molar-refractivity contribution in [3.63, 3.8) is 0 Å². The number of likely N-dealkylation sites (N-methyl/N-ethyl adjacent to an activating group) is 1. The number of rotatable bonds is 3. The summed E-state index contributed by atoms with van der Waals surface area (Å²) in [4.78, 5) is 8.57. The van der Waals surface area contributed by atoms with E-state index in [1.54, 1.807) is 4.90 Å². The van der Waals surface area contributed by atoms with Gasteiger partial charge in [-0.1, -0.05) is 0 Å². The number of hydrogen-bond acceptors (Lipinski definition) is 6. The van der Waals surface area contributed by atoms with Gasteiger partial charge in [0.05, 0.1) is 17.6 Å². The van der Waals surface area contributed by atoms with Crippen molar-refractivity contribution >= 4 is 27.4 Å². The van der Waals surface area contributed by atoms with Crippen LogP contribution in [0.4, 0.5) is 11.5 Å². The van der Waals surface area contributed by atoms with E-state index in [0.717, 1.165) is 35.6 Å². The molecule has 3 N–H and O–H groups in total. The molecule has 6 nitrogen and oxygen atoms in total. The van der Waals surface area contributed by atoms with E-state index in [-0.39, 0.29) is 0 Å². The highest BCUT2D eigenvalue weighted by atomic mass is 79.9. The van der Waals surface area contributed by atoms with Gasteiger partial charge >= 0.3 is 0 Å². The molecule has 3 rings (SSSR count). The molecule has 0 saturated carbocycles. The fourth-order valence-electron chi connectivity index (χ4n) is 2.85. The van der Waals surface area contributed by atoms with Crippen LogP contribution in [0.25, 0.3) is 0 Å². The Bertz CT molecular complexity index is 615. The minimum absolute atomic E-state index is 0.460. The molecule has 0 aromatic carbocycles. The normalized spacial score (nSPS) is 25.0. The molecule has 1 fully saturated rings. The van der Waals surface area contributed by atoms with Gasteiger partial charge in [0.1, 0.15) is 5.82 Å². The quantitative estimate of drug-likeness (QED) is 0.742. The topological polar surface area (TPSA) is 63.7 Å². The third-order valence-corrected chi connectivity index (χ3v) is 4.57. The summed E-state index contributed by atoms with van der Waals surface area (Å²) in [6, 6.07) is 4.48. The standard InChI is InChI=1S/C16H22BrN5O/c1-11-8-18-5-6-22(11)13-3-4-15(19-9-13)20-14-7-12(17)10-21(2)16(14)23/h3-4,7,9-11,16,18,23H,5-6,8H2,1-2H3,(H,19,20)/t11-,16?/m0/s1. The fraction of sp³-hybridized carbons (Fsp3) is 0.438. The summed E-state index contributed by atoms with van der Waals surface area (Å²) in [6.45, 7) is 5.19. The zero-order valence-corrected chi connectivity index (χ0v) is 14.9. The first kappa shape index (κ1) is 16.3. The maximum absolute atomic E-state index is 10.2. The second-order valence-electron chi connectivity index (χ2n) is 5.93. The number of piperazine rings is 1. The van der Waals surface area contributed by atoms with Crippen LogP contribution in [0, 0.1) is 0 Å². The fourth-order valence-corrected chi connectivity index (χ4v) is 3.42. The number of hydrogen-bond donors (Lipinski definition) is 3. The van der Waals surface area contributed by atoms with E-state index in [1.807, 2.05) is 31.6 Å². The molecule has 124 valence electrons. The minimum Gasteiger partial charge on any atom is -0.368 e. The molecule has 2 aliphatic rings. The van der Waals surface area contributed by atoms with Gasteiger partial charge < -0.3 is 25.5 Å². The number of aliphatic hydroxyl groups excluding tert-OH is 1. The second kappa shape index (κ2) is 6.90. The first-order chi connectivity index (χ1) is 11.0. The van der Waals surface area contributed by atoms with Gasteiger partial charge in [-0.25, -0.2) is 4.98 Å². The van der Waals surface area contributed by atoms with E-state index >= 15 is 0 Å².